The first kappa shape index (κ1) is 18.6. The van der Waals surface area contributed by atoms with Gasteiger partial charge in [-0.1, -0.05) is 23.2 Å². The summed E-state index contributed by atoms with van der Waals surface area (Å²) in [7, 11) is 2.10. The van der Waals surface area contributed by atoms with Gasteiger partial charge in [0.25, 0.3) is 5.91 Å². The Labute approximate surface area is 171 Å². The number of likely N-dealkylation sites (N-methyl/N-ethyl adjacent to an activating group) is 1. The molecule has 8 heteroatoms. The van der Waals surface area contributed by atoms with E-state index in [0.717, 1.165) is 36.9 Å². The van der Waals surface area contributed by atoms with Crippen LogP contribution in [0.3, 0.4) is 0 Å². The van der Waals surface area contributed by atoms with Crippen LogP contribution in [-0.4, -0.2) is 54.1 Å². The van der Waals surface area contributed by atoms with Crippen molar-refractivity contribution in [2.24, 2.45) is 4.99 Å². The Morgan fingerprint density at radius 2 is 1.93 bits per heavy atom. The van der Waals surface area contributed by atoms with Gasteiger partial charge in [-0.3, -0.25) is 4.79 Å². The van der Waals surface area contributed by atoms with Crippen LogP contribution < -0.4 is 0 Å². The van der Waals surface area contributed by atoms with Gasteiger partial charge in [0, 0.05) is 42.8 Å². The fourth-order valence-electron chi connectivity index (χ4n) is 2.92. The maximum atomic E-state index is 12.3. The zero-order chi connectivity index (χ0) is 19.0. The highest BCUT2D eigenvalue weighted by Crippen LogP contribution is 2.34. The van der Waals surface area contributed by atoms with E-state index in [1.807, 2.05) is 18.2 Å². The van der Waals surface area contributed by atoms with Gasteiger partial charge in [0.15, 0.2) is 5.17 Å². The van der Waals surface area contributed by atoms with Gasteiger partial charge in [-0.2, -0.15) is 4.99 Å². The molecule has 2 aromatic rings. The maximum absolute atomic E-state index is 12.3. The lowest BCUT2D eigenvalue weighted by Gasteiger charge is -2.32. The van der Waals surface area contributed by atoms with Crippen molar-refractivity contribution < 1.29 is 9.21 Å². The molecule has 0 unspecified atom stereocenters. The van der Waals surface area contributed by atoms with Crippen LogP contribution >= 0.6 is 35.0 Å². The maximum Gasteiger partial charge on any atom is 0.286 e. The van der Waals surface area contributed by atoms with Gasteiger partial charge < -0.3 is 14.2 Å². The third-order valence-electron chi connectivity index (χ3n) is 4.48. The quantitative estimate of drug-likeness (QED) is 0.669. The summed E-state index contributed by atoms with van der Waals surface area (Å²) in [5, 5.41) is 1.86. The van der Waals surface area contributed by atoms with Crippen LogP contribution in [0.15, 0.2) is 44.6 Å². The second-order valence-electron chi connectivity index (χ2n) is 6.43. The molecule has 2 aliphatic heterocycles. The molecule has 0 N–H and O–H groups in total. The predicted molar refractivity (Wildman–Crippen MR) is 111 cm³/mol. The zero-order valence-electron chi connectivity index (χ0n) is 14.6. The smallest absolute Gasteiger partial charge is 0.286 e. The molecule has 1 amide bonds. The number of piperazine rings is 1. The van der Waals surface area contributed by atoms with Crippen LogP contribution in [-0.2, 0) is 4.79 Å². The van der Waals surface area contributed by atoms with Crippen molar-refractivity contribution in [2.45, 2.75) is 0 Å². The second-order valence-corrected chi connectivity index (χ2v) is 8.28. The summed E-state index contributed by atoms with van der Waals surface area (Å²) in [6, 6.07) is 8.88. The Hall–Kier alpha value is -1.73. The summed E-state index contributed by atoms with van der Waals surface area (Å²) >= 11 is 13.6. The monoisotopic (exact) mass is 421 g/mol. The second kappa shape index (κ2) is 7.72. The molecule has 0 saturated carbocycles. The summed E-state index contributed by atoms with van der Waals surface area (Å²) in [5.74, 6) is 0.984. The number of carbonyl (C=O) groups is 1. The van der Waals surface area contributed by atoms with Gasteiger partial charge in [0.1, 0.15) is 11.5 Å². The van der Waals surface area contributed by atoms with Gasteiger partial charge in [-0.15, -0.1) is 0 Å². The third-order valence-corrected chi connectivity index (χ3v) is 6.07. The summed E-state index contributed by atoms with van der Waals surface area (Å²) in [5.41, 5.74) is 0.755. The number of furan rings is 1. The summed E-state index contributed by atoms with van der Waals surface area (Å²) in [6.07, 6.45) is 1.73. The van der Waals surface area contributed by atoms with E-state index in [-0.39, 0.29) is 5.91 Å². The molecule has 1 aromatic heterocycles. The van der Waals surface area contributed by atoms with Crippen LogP contribution in [0.1, 0.15) is 5.76 Å². The number of hydrogen-bond acceptors (Lipinski definition) is 5. The molecule has 3 heterocycles. The van der Waals surface area contributed by atoms with E-state index >= 15 is 0 Å². The summed E-state index contributed by atoms with van der Waals surface area (Å²) < 4.78 is 5.85. The molecule has 0 spiro atoms. The number of halogens is 2. The van der Waals surface area contributed by atoms with Crippen molar-refractivity contribution in [1.29, 1.82) is 0 Å². The van der Waals surface area contributed by atoms with Crippen LogP contribution in [0.25, 0.3) is 17.4 Å². The molecule has 0 bridgehead atoms. The number of aliphatic imine (C=N–C) groups is 1. The fraction of sp³-hybridized carbons (Fsp3) is 0.263. The van der Waals surface area contributed by atoms with E-state index in [9.17, 15) is 4.79 Å². The molecule has 140 valence electrons. The van der Waals surface area contributed by atoms with Crippen molar-refractivity contribution in [2.75, 3.05) is 33.2 Å². The van der Waals surface area contributed by atoms with E-state index in [1.165, 1.54) is 11.8 Å². The molecular formula is C19H17Cl2N3O2S. The first-order chi connectivity index (χ1) is 13.0. The molecule has 27 heavy (non-hydrogen) atoms. The molecule has 1 saturated heterocycles. The molecule has 0 aliphatic carbocycles. The average molecular weight is 422 g/mol. The van der Waals surface area contributed by atoms with Gasteiger partial charge in [0.2, 0.25) is 0 Å². The van der Waals surface area contributed by atoms with Gasteiger partial charge in [-0.05, 0) is 49.1 Å². The number of carbonyl (C=O) groups excluding carboxylic acids is 1. The molecule has 1 aromatic carbocycles. The van der Waals surface area contributed by atoms with Crippen molar-refractivity contribution in [3.8, 4) is 11.3 Å². The number of amidine groups is 1. The Balaban J connectivity index is 1.50. The van der Waals surface area contributed by atoms with Crippen molar-refractivity contribution in [3.63, 3.8) is 0 Å². The number of nitrogens with zero attached hydrogens (tertiary/aromatic N) is 3. The molecule has 4 rings (SSSR count). The SMILES string of the molecule is CN1CCN(C2=NC(=O)/C(=C/c3ccc(-c4ccc(Cl)cc4Cl)o3)S2)CC1. The Morgan fingerprint density at radius 3 is 2.67 bits per heavy atom. The number of hydrogen-bond donors (Lipinski definition) is 0. The number of amides is 1. The average Bonchev–Trinajstić information content (AvgIpc) is 3.23. The van der Waals surface area contributed by atoms with Crippen molar-refractivity contribution >= 4 is 52.1 Å². The minimum absolute atomic E-state index is 0.226. The summed E-state index contributed by atoms with van der Waals surface area (Å²) in [4.78, 5) is 21.5. The first-order valence-corrected chi connectivity index (χ1v) is 10.1. The van der Waals surface area contributed by atoms with Crippen LogP contribution in [0.2, 0.25) is 10.0 Å². The van der Waals surface area contributed by atoms with E-state index < -0.39 is 0 Å². The lowest BCUT2D eigenvalue weighted by atomic mass is 10.2. The lowest BCUT2D eigenvalue weighted by molar-refractivity contribution is -0.113. The number of thioether (sulfide) groups is 1. The van der Waals surface area contributed by atoms with Gasteiger partial charge in [-0.25, -0.2) is 0 Å². The van der Waals surface area contributed by atoms with Crippen LogP contribution in [0.5, 0.6) is 0 Å². The van der Waals surface area contributed by atoms with E-state index in [2.05, 4.69) is 21.8 Å². The highest BCUT2D eigenvalue weighted by atomic mass is 35.5. The topological polar surface area (TPSA) is 49.0 Å². The lowest BCUT2D eigenvalue weighted by Crippen LogP contribution is -2.46. The minimum Gasteiger partial charge on any atom is -0.457 e. The minimum atomic E-state index is -0.226. The Bertz CT molecular complexity index is 946. The van der Waals surface area contributed by atoms with Crippen LogP contribution in [0.4, 0.5) is 0 Å². The Kier molecular flexibility index (Phi) is 5.32. The van der Waals surface area contributed by atoms with Crippen molar-refractivity contribution in [3.05, 3.63) is 51.0 Å². The zero-order valence-corrected chi connectivity index (χ0v) is 16.9. The molecule has 0 radical (unpaired) electrons. The first-order valence-electron chi connectivity index (χ1n) is 8.51. The molecule has 0 atom stereocenters. The van der Waals surface area contributed by atoms with E-state index in [0.29, 0.717) is 26.5 Å². The molecular weight excluding hydrogens is 405 g/mol. The normalized spacial score (nSPS) is 19.8. The highest BCUT2D eigenvalue weighted by molar-refractivity contribution is 8.18. The highest BCUT2D eigenvalue weighted by Gasteiger charge is 2.28. The Morgan fingerprint density at radius 1 is 1.15 bits per heavy atom. The van der Waals surface area contributed by atoms with Gasteiger partial charge >= 0.3 is 0 Å². The van der Waals surface area contributed by atoms with E-state index in [4.69, 9.17) is 27.6 Å². The largest absolute Gasteiger partial charge is 0.457 e. The van der Waals surface area contributed by atoms with Crippen LogP contribution in [0, 0.1) is 0 Å². The number of benzene rings is 1. The summed E-state index contributed by atoms with van der Waals surface area (Å²) in [6.45, 7) is 3.69. The third kappa shape index (κ3) is 4.09. The van der Waals surface area contributed by atoms with Crippen molar-refractivity contribution in [1.82, 2.24) is 9.80 Å². The van der Waals surface area contributed by atoms with Gasteiger partial charge in [0.05, 0.1) is 9.93 Å². The standard InChI is InChI=1S/C19H17Cl2N3O2S/c1-23-6-8-24(9-7-23)19-22-18(25)17(27-19)11-13-3-5-16(26-13)14-4-2-12(20)10-15(14)21/h2-5,10-11H,6-9H2,1H3/b17-11-. The molecule has 5 nitrogen and oxygen atoms in total. The molecule has 2 aliphatic rings. The fourth-order valence-corrected chi connectivity index (χ4v) is 4.37. The number of rotatable bonds is 2. The molecule has 1 fully saturated rings. The van der Waals surface area contributed by atoms with E-state index in [1.54, 1.807) is 18.2 Å². The predicted octanol–water partition coefficient (Wildman–Crippen LogP) is 4.47.